The van der Waals surface area contributed by atoms with Gasteiger partial charge in [0.05, 0.1) is 38.9 Å². The van der Waals surface area contributed by atoms with Crippen molar-refractivity contribution in [3.8, 4) is 0 Å². The number of primary amides is 1. The van der Waals surface area contributed by atoms with Crippen LogP contribution in [0.1, 0.15) is 95.4 Å². The highest BCUT2D eigenvalue weighted by Crippen LogP contribution is 2.10. The lowest BCUT2D eigenvalue weighted by molar-refractivity contribution is -0.136. The molecule has 13 amide bonds. The van der Waals surface area contributed by atoms with Crippen LogP contribution in [-0.2, 0) is 75.3 Å². The number of amides is 13. The molecule has 1 aromatic heterocycles. The number of aliphatic hydroxyl groups excluding tert-OH is 2. The van der Waals surface area contributed by atoms with Gasteiger partial charge in [0.1, 0.15) is 54.4 Å². The largest absolute Gasteiger partial charge is 0.394 e. The first-order chi connectivity index (χ1) is 46.1. The monoisotopic (exact) mass is 1390 g/mol. The van der Waals surface area contributed by atoms with Crippen molar-refractivity contribution in [1.82, 2.24) is 69.1 Å². The van der Waals surface area contributed by atoms with Gasteiger partial charge in [0, 0.05) is 30.9 Å². The molecule has 38 heteroatoms. The summed E-state index contributed by atoms with van der Waals surface area (Å²) in [5.74, 6) is -11.9. The van der Waals surface area contributed by atoms with E-state index < -0.39 is 164 Å². The van der Waals surface area contributed by atoms with Crippen molar-refractivity contribution in [2.24, 2.45) is 50.1 Å². The van der Waals surface area contributed by atoms with Crippen molar-refractivity contribution in [1.29, 1.82) is 0 Å². The predicted molar refractivity (Wildman–Crippen MR) is 358 cm³/mol. The fraction of sp³-hybridized carbons (Fsp3) is 0.576. The summed E-state index contributed by atoms with van der Waals surface area (Å²) in [7, 11) is 0. The minimum absolute atomic E-state index is 0.0221. The van der Waals surface area contributed by atoms with Gasteiger partial charge in [0.15, 0.2) is 11.9 Å². The molecule has 0 radical (unpaired) electrons. The Bertz CT molecular complexity index is 2940. The number of nitrogens with two attached hydrogens (primary N) is 7. The summed E-state index contributed by atoms with van der Waals surface area (Å²) in [6.45, 7) is 1.73. The zero-order valence-corrected chi connectivity index (χ0v) is 55.6. The molecule has 0 aliphatic rings. The molecular weight excluding hydrogens is 1290 g/mol. The van der Waals surface area contributed by atoms with Crippen molar-refractivity contribution in [3.05, 3.63) is 58.3 Å². The molecule has 1 heterocycles. The molecule has 10 atom stereocenters. The number of nitrogens with zero attached hydrogens (tertiary/aromatic N) is 2. The molecule has 2 aromatic rings. The van der Waals surface area contributed by atoms with E-state index >= 15 is 0 Å². The summed E-state index contributed by atoms with van der Waals surface area (Å²) in [6.07, 6.45) is 0.0749. The van der Waals surface area contributed by atoms with Crippen molar-refractivity contribution in [2.75, 3.05) is 59.0 Å². The van der Waals surface area contributed by atoms with Gasteiger partial charge >= 0.3 is 0 Å². The molecule has 37 nitrogen and oxygen atoms in total. The van der Waals surface area contributed by atoms with E-state index in [-0.39, 0.29) is 89.5 Å². The first kappa shape index (κ1) is 83.5. The van der Waals surface area contributed by atoms with Gasteiger partial charge in [0.25, 0.3) is 0 Å². The highest BCUT2D eigenvalue weighted by atomic mass is 32.1. The van der Waals surface area contributed by atoms with E-state index in [1.54, 1.807) is 30.3 Å². The minimum atomic E-state index is -1.73. The number of guanidine groups is 2. The quantitative estimate of drug-likeness (QED) is 0.0166. The Kier molecular flexibility index (Phi) is 40.0. The van der Waals surface area contributed by atoms with Crippen LogP contribution in [0.15, 0.2) is 57.8 Å². The lowest BCUT2D eigenvalue weighted by Crippen LogP contribution is -2.60. The first-order valence-corrected chi connectivity index (χ1v) is 32.4. The van der Waals surface area contributed by atoms with Crippen LogP contribution in [0.3, 0.4) is 0 Å². The first-order valence-electron chi connectivity index (χ1n) is 31.5. The number of hydrogen-bond acceptors (Lipinski definition) is 21. The van der Waals surface area contributed by atoms with E-state index in [2.05, 4.69) is 79.1 Å². The lowest BCUT2D eigenvalue weighted by atomic mass is 10.0. The maximum atomic E-state index is 14.1. The molecular formula is C59H98N22O15S. The molecule has 540 valence electrons. The fourth-order valence-corrected chi connectivity index (χ4v) is 9.54. The molecule has 0 saturated heterocycles. The van der Waals surface area contributed by atoms with E-state index in [0.29, 0.717) is 37.9 Å². The van der Waals surface area contributed by atoms with Crippen LogP contribution < -0.4 is 109 Å². The van der Waals surface area contributed by atoms with E-state index in [9.17, 15) is 72.5 Å². The summed E-state index contributed by atoms with van der Waals surface area (Å²) in [5.41, 5.74) is 39.2. The average molecular weight is 1390 g/mol. The number of thiophene rings is 1. The number of aliphatic imine (C=N–C) groups is 2. The number of rotatable bonds is 48. The Labute approximate surface area is 565 Å². The van der Waals surface area contributed by atoms with Gasteiger partial charge in [-0.2, -0.15) is 0 Å². The highest BCUT2D eigenvalue weighted by molar-refractivity contribution is 7.09. The van der Waals surface area contributed by atoms with Gasteiger partial charge in [-0.1, -0.05) is 36.4 Å². The van der Waals surface area contributed by atoms with E-state index in [1.807, 2.05) is 17.5 Å². The fourth-order valence-electron chi connectivity index (χ4n) is 8.86. The Morgan fingerprint density at radius 3 is 1.39 bits per heavy atom. The van der Waals surface area contributed by atoms with Crippen LogP contribution in [0, 0.1) is 0 Å². The summed E-state index contributed by atoms with van der Waals surface area (Å²) in [5, 5.41) is 55.0. The summed E-state index contributed by atoms with van der Waals surface area (Å²) in [4.78, 5) is 182. The second kappa shape index (κ2) is 46.5. The van der Waals surface area contributed by atoms with Gasteiger partial charge in [0.2, 0.25) is 76.8 Å². The third kappa shape index (κ3) is 35.1. The van der Waals surface area contributed by atoms with Gasteiger partial charge in [-0.05, 0) is 115 Å². The van der Waals surface area contributed by atoms with E-state index in [0.717, 1.165) is 4.88 Å². The van der Waals surface area contributed by atoms with Crippen LogP contribution in [0.25, 0.3) is 0 Å². The summed E-state index contributed by atoms with van der Waals surface area (Å²) in [6, 6.07) is -0.735. The van der Waals surface area contributed by atoms with Gasteiger partial charge in [-0.15, -0.1) is 11.3 Å². The number of carbonyl (C=O) groups excluding carboxylic acids is 13. The average Bonchev–Trinajstić information content (AvgIpc) is 1.20. The van der Waals surface area contributed by atoms with Gasteiger partial charge in [-0.25, -0.2) is 0 Å². The second-order valence-corrected chi connectivity index (χ2v) is 23.4. The number of benzene rings is 1. The van der Waals surface area contributed by atoms with Crippen LogP contribution in [0.2, 0.25) is 0 Å². The molecule has 0 bridgehead atoms. The molecule has 97 heavy (non-hydrogen) atoms. The molecule has 2 rings (SSSR count). The number of carbonyl (C=O) groups is 13. The van der Waals surface area contributed by atoms with Crippen molar-refractivity contribution in [2.45, 2.75) is 158 Å². The van der Waals surface area contributed by atoms with E-state index in [1.165, 1.54) is 32.1 Å². The third-order valence-corrected chi connectivity index (χ3v) is 15.0. The minimum Gasteiger partial charge on any atom is -0.394 e. The molecule has 0 unspecified atom stereocenters. The maximum Gasteiger partial charge on any atom is 0.245 e. The Morgan fingerprint density at radius 1 is 0.454 bits per heavy atom. The molecule has 1 aromatic carbocycles. The Hall–Kier alpha value is -9.63. The lowest BCUT2D eigenvalue weighted by Gasteiger charge is -2.26. The number of nitrogens with one attached hydrogen (secondary N) is 13. The normalized spacial score (nSPS) is 13.9. The predicted octanol–water partition coefficient (Wildman–Crippen LogP) is -8.94. The topological polar surface area (TPSA) is 626 Å². The second-order valence-electron chi connectivity index (χ2n) is 22.4. The summed E-state index contributed by atoms with van der Waals surface area (Å²) >= 11 is 1.51. The van der Waals surface area contributed by atoms with Gasteiger partial charge < -0.3 is 119 Å². The van der Waals surface area contributed by atoms with Crippen LogP contribution in [0.4, 0.5) is 0 Å². The van der Waals surface area contributed by atoms with Gasteiger partial charge in [-0.3, -0.25) is 72.3 Å². The zero-order valence-electron chi connectivity index (χ0n) is 54.8. The molecule has 0 spiro atoms. The molecule has 0 fully saturated rings. The molecule has 0 aliphatic carbocycles. The maximum absolute atomic E-state index is 14.1. The van der Waals surface area contributed by atoms with Crippen molar-refractivity contribution in [3.63, 3.8) is 0 Å². The molecule has 0 aliphatic heterocycles. The SMILES string of the molecule is C[C@H](NC(=O)CNC(=O)[C@H](NC(=O)[C@H](Cc1ccccc1)NC(=O)CNC(=O)CNC(=O)CNCc1cccs1)[C@@H](C)O)C(=O)N[C@@H](CCCN=C(N)N)C(=O)N[C@@H](CCCCN)C(=O)N[C@@H](CO)C(=O)N[C@@H](C)C(=O)N[C@@H](CCCN=C(N)N)C(=O)N[C@@H](CCCCN)C(N)=O. The van der Waals surface area contributed by atoms with Crippen LogP contribution in [0.5, 0.6) is 0 Å². The van der Waals surface area contributed by atoms with E-state index in [4.69, 9.17) is 40.1 Å². The number of hydrogen-bond donors (Lipinski definition) is 22. The van der Waals surface area contributed by atoms with Crippen molar-refractivity contribution >= 4 is 100 Å². The number of aliphatic hydroxyl groups is 2. The number of unbranched alkanes of at least 4 members (excludes halogenated alkanes) is 2. The standard InChI is InChI=1S/C59H98N22O15S/c1-33(73-46(86)31-72-57(96)48(35(3)83)81-55(94)42(26-36-14-5-4-6-15-36)75-47(87)30-71-45(85)29-70-44(84)28-67-27-37-16-13-25-97-37)50(89)77-41(20-12-24-69-59(65)66)53(92)79-39(18-8-10-22-61)54(93)80-43(32-82)56(95)74-34(2)51(90)78-40(19-11-23-68-58(63)64)52(91)76-38(49(62)88)17-7-9-21-60/h4-6,13-16,25,33-35,38-43,48,67,82-83H,7-12,17-24,26-32,60-61H2,1-3H3,(H2,62,88)(H,70,84)(H,71,85)(H,72,96)(H,73,86)(H,74,95)(H,75,87)(H,76,91)(H,77,89)(H,78,90)(H,79,92)(H,80,93)(H,81,94)(H4,63,64,68)(H4,65,66,69)/t33-,34-,35+,38-,39-,40-,41-,42-,43-,48+/m0/s1. The summed E-state index contributed by atoms with van der Waals surface area (Å²) < 4.78 is 0. The third-order valence-electron chi connectivity index (χ3n) is 14.2. The molecule has 29 N–H and O–H groups in total. The Morgan fingerprint density at radius 2 is 0.897 bits per heavy atom. The molecule has 0 saturated carbocycles. The highest BCUT2D eigenvalue weighted by Gasteiger charge is 2.34. The van der Waals surface area contributed by atoms with Crippen LogP contribution in [-0.4, -0.2) is 218 Å². The van der Waals surface area contributed by atoms with Crippen molar-refractivity contribution < 1.29 is 72.5 Å². The Balaban J connectivity index is 2.16. The van der Waals surface area contributed by atoms with Crippen LogP contribution >= 0.6 is 11.3 Å². The zero-order chi connectivity index (χ0) is 72.4. The smallest absolute Gasteiger partial charge is 0.245 e.